The van der Waals surface area contributed by atoms with Crippen molar-refractivity contribution in [2.45, 2.75) is 62.3 Å². The highest BCUT2D eigenvalue weighted by atomic mass is 14.6. The molecule has 1 aliphatic carbocycles. The third-order valence-electron chi connectivity index (χ3n) is 2.94. The second-order valence-corrected chi connectivity index (χ2v) is 7.88. The first-order valence-electron chi connectivity index (χ1n) is 6.00. The van der Waals surface area contributed by atoms with Gasteiger partial charge in [0, 0.05) is 5.92 Å². The lowest BCUT2D eigenvalue weighted by atomic mass is 9.78. The van der Waals surface area contributed by atoms with E-state index in [1.54, 1.807) is 17.1 Å². The molecule has 0 aliphatic heterocycles. The minimum atomic E-state index is 0.311. The van der Waals surface area contributed by atoms with Crippen LogP contribution in [0.3, 0.4) is 0 Å². The first-order chi connectivity index (χ1) is 6.37. The van der Waals surface area contributed by atoms with Crippen LogP contribution in [0.5, 0.6) is 0 Å². The van der Waals surface area contributed by atoms with Gasteiger partial charge in [-0.25, -0.2) is 0 Å². The zero-order chi connectivity index (χ0) is 12.2. The van der Waals surface area contributed by atoms with E-state index in [1.165, 1.54) is 0 Å². The van der Waals surface area contributed by atoms with Gasteiger partial charge in [0.05, 0.1) is 0 Å². The van der Waals surface area contributed by atoms with E-state index in [4.69, 9.17) is 0 Å². The summed E-state index contributed by atoms with van der Waals surface area (Å²) in [6.07, 6.45) is 0. The highest BCUT2D eigenvalue weighted by Gasteiger charge is 2.53. The van der Waals surface area contributed by atoms with Gasteiger partial charge in [-0.3, -0.25) is 0 Å². The van der Waals surface area contributed by atoms with Crippen molar-refractivity contribution < 1.29 is 0 Å². The van der Waals surface area contributed by atoms with Gasteiger partial charge < -0.3 is 0 Å². The predicted octanol–water partition coefficient (Wildman–Crippen LogP) is 5.01. The third-order valence-corrected chi connectivity index (χ3v) is 2.94. The van der Waals surface area contributed by atoms with Crippen molar-refractivity contribution in [3.8, 4) is 0 Å². The molecule has 0 spiro atoms. The van der Waals surface area contributed by atoms with E-state index in [0.29, 0.717) is 16.2 Å². The molecule has 0 aromatic rings. The maximum Gasteiger partial charge on any atom is 0.0322 e. The molecule has 0 nitrogen and oxygen atoms in total. The summed E-state index contributed by atoms with van der Waals surface area (Å²) in [4.78, 5) is 0. The van der Waals surface area contributed by atoms with Crippen LogP contribution in [-0.4, -0.2) is 0 Å². The number of rotatable bonds is 0. The zero-order valence-corrected chi connectivity index (χ0v) is 12.0. The lowest BCUT2D eigenvalue weighted by molar-refractivity contribution is 0.432. The molecule has 0 N–H and O–H groups in total. The van der Waals surface area contributed by atoms with Crippen LogP contribution in [0.4, 0.5) is 0 Å². The Morgan fingerprint density at radius 2 is 0.733 bits per heavy atom. The fourth-order valence-corrected chi connectivity index (χ4v) is 2.44. The van der Waals surface area contributed by atoms with Crippen LogP contribution >= 0.6 is 0 Å². The smallest absolute Gasteiger partial charge is 0.0322 e. The quantitative estimate of drug-likeness (QED) is 0.524. The Bertz CT molecular complexity index is 259. The molecule has 0 amide bonds. The molecule has 0 aromatic carbocycles. The van der Waals surface area contributed by atoms with E-state index < -0.39 is 0 Å². The Hall–Kier alpha value is -0.260. The van der Waals surface area contributed by atoms with Crippen molar-refractivity contribution in [2.75, 3.05) is 0 Å². The summed E-state index contributed by atoms with van der Waals surface area (Å²) < 4.78 is 0. The van der Waals surface area contributed by atoms with Gasteiger partial charge in [0.2, 0.25) is 0 Å². The Labute approximate surface area is 96.2 Å². The molecule has 0 fully saturated rings. The Balaban J connectivity index is 3.05. The molecule has 0 heteroatoms. The van der Waals surface area contributed by atoms with Gasteiger partial charge in [-0.15, -0.1) is 0 Å². The topological polar surface area (TPSA) is 0 Å². The second-order valence-electron chi connectivity index (χ2n) is 7.88. The molecule has 0 atom stereocenters. The average molecular weight is 207 g/mol. The van der Waals surface area contributed by atoms with E-state index >= 15 is 0 Å². The molecule has 87 valence electrons. The molecule has 0 heterocycles. The van der Waals surface area contributed by atoms with Crippen LogP contribution in [0, 0.1) is 22.2 Å². The molecule has 1 rings (SSSR count). The monoisotopic (exact) mass is 207 g/mol. The van der Waals surface area contributed by atoms with Gasteiger partial charge in [-0.2, -0.15) is 0 Å². The molecular weight excluding hydrogens is 180 g/mol. The standard InChI is InChI=1S/C15H27/c1-13(2,3)10-11(14(4,5)6)12(10)15(7,8)9/h1-9H3. The van der Waals surface area contributed by atoms with Crippen LogP contribution in [0.15, 0.2) is 11.1 Å². The van der Waals surface area contributed by atoms with E-state index in [-0.39, 0.29) is 0 Å². The molecule has 15 heavy (non-hydrogen) atoms. The molecule has 0 saturated heterocycles. The third kappa shape index (κ3) is 2.46. The zero-order valence-electron chi connectivity index (χ0n) is 12.0. The van der Waals surface area contributed by atoms with Crippen LogP contribution in [-0.2, 0) is 0 Å². The van der Waals surface area contributed by atoms with Crippen molar-refractivity contribution in [3.63, 3.8) is 0 Å². The van der Waals surface area contributed by atoms with Crippen molar-refractivity contribution >= 4 is 0 Å². The minimum Gasteiger partial charge on any atom is -0.0590 e. The second kappa shape index (κ2) is 3.12. The van der Waals surface area contributed by atoms with Gasteiger partial charge in [0.1, 0.15) is 0 Å². The Kier molecular flexibility index (Phi) is 2.66. The first-order valence-corrected chi connectivity index (χ1v) is 6.00. The van der Waals surface area contributed by atoms with Crippen molar-refractivity contribution in [3.05, 3.63) is 17.1 Å². The maximum atomic E-state index is 2.33. The minimum absolute atomic E-state index is 0.311. The van der Waals surface area contributed by atoms with Gasteiger partial charge in [0.15, 0.2) is 0 Å². The molecule has 1 aliphatic rings. The van der Waals surface area contributed by atoms with E-state index in [2.05, 4.69) is 62.3 Å². The van der Waals surface area contributed by atoms with Gasteiger partial charge in [0.25, 0.3) is 0 Å². The van der Waals surface area contributed by atoms with Crippen LogP contribution in [0.1, 0.15) is 62.3 Å². The summed E-state index contributed by atoms with van der Waals surface area (Å²) in [5, 5.41) is 0. The summed E-state index contributed by atoms with van der Waals surface area (Å²) in [5.74, 6) is 1.63. The van der Waals surface area contributed by atoms with Crippen LogP contribution in [0.25, 0.3) is 0 Å². The first kappa shape index (κ1) is 12.8. The highest BCUT2D eigenvalue weighted by Crippen LogP contribution is 2.64. The predicted molar refractivity (Wildman–Crippen MR) is 68.6 cm³/mol. The normalized spacial score (nSPS) is 19.8. The van der Waals surface area contributed by atoms with Gasteiger partial charge in [-0.1, -0.05) is 73.5 Å². The molecule has 1 radical (unpaired) electrons. The fraction of sp³-hybridized carbons (Fsp3) is 0.800. The fourth-order valence-electron chi connectivity index (χ4n) is 2.44. The number of hydrogen-bond donors (Lipinski definition) is 0. The number of allylic oxidation sites excluding steroid dienone is 2. The molecular formula is C15H27. The van der Waals surface area contributed by atoms with E-state index in [0.717, 1.165) is 0 Å². The molecule has 0 unspecified atom stereocenters. The Morgan fingerprint density at radius 1 is 0.467 bits per heavy atom. The number of hydrogen-bond acceptors (Lipinski definition) is 0. The van der Waals surface area contributed by atoms with Gasteiger partial charge >= 0.3 is 0 Å². The van der Waals surface area contributed by atoms with Gasteiger partial charge in [-0.05, 0) is 16.2 Å². The summed E-state index contributed by atoms with van der Waals surface area (Å²) in [7, 11) is 0. The van der Waals surface area contributed by atoms with Crippen molar-refractivity contribution in [1.82, 2.24) is 0 Å². The summed E-state index contributed by atoms with van der Waals surface area (Å²) in [6.45, 7) is 20.9. The lowest BCUT2D eigenvalue weighted by Gasteiger charge is -2.25. The van der Waals surface area contributed by atoms with Crippen LogP contribution in [0.2, 0.25) is 0 Å². The van der Waals surface area contributed by atoms with E-state index in [9.17, 15) is 0 Å². The molecule has 0 aromatic heterocycles. The average Bonchev–Trinajstić information content (AvgIpc) is 2.51. The molecule has 0 saturated carbocycles. The summed E-state index contributed by atoms with van der Waals surface area (Å²) in [5.41, 5.74) is 4.19. The highest BCUT2D eigenvalue weighted by molar-refractivity contribution is 5.67. The lowest BCUT2D eigenvalue weighted by Crippen LogP contribution is -2.16. The molecule has 0 bridgehead atoms. The summed E-state index contributed by atoms with van der Waals surface area (Å²) in [6, 6.07) is 0. The SMILES string of the molecule is CC(C)(C)[C]1C(C(C)(C)C)=C1C(C)(C)C. The van der Waals surface area contributed by atoms with Crippen LogP contribution < -0.4 is 0 Å². The largest absolute Gasteiger partial charge is 0.0590 e. The van der Waals surface area contributed by atoms with E-state index in [1.807, 2.05) is 0 Å². The maximum absolute atomic E-state index is 2.33. The Morgan fingerprint density at radius 3 is 0.800 bits per heavy atom. The van der Waals surface area contributed by atoms with Crippen molar-refractivity contribution in [2.24, 2.45) is 16.2 Å². The van der Waals surface area contributed by atoms with Crippen molar-refractivity contribution in [1.29, 1.82) is 0 Å². The summed E-state index contributed by atoms with van der Waals surface area (Å²) >= 11 is 0.